The molecule has 200 valence electrons. The fourth-order valence-corrected chi connectivity index (χ4v) is 4.29. The number of likely N-dealkylation sites (N-methyl/N-ethyl adjacent to an activating group) is 1. The SMILES string of the molecule is CC(=O)O[C@@H]1CN(C)CC[C@@H]1c1c(O)cc(O)c2c(=O)cc(-c3ccc(Br)o3)oc12.O=C(O)C(F)(F)F. The van der Waals surface area contributed by atoms with Crippen molar-refractivity contribution in [1.82, 2.24) is 4.90 Å². The number of fused-ring (bicyclic) bond motifs is 1. The van der Waals surface area contributed by atoms with Crippen molar-refractivity contribution in [3.8, 4) is 23.0 Å². The number of furan rings is 1. The fourth-order valence-electron chi connectivity index (χ4n) is 3.98. The minimum Gasteiger partial charge on any atom is -0.507 e. The quantitative estimate of drug-likeness (QED) is 0.378. The Morgan fingerprint density at radius 1 is 1.14 bits per heavy atom. The van der Waals surface area contributed by atoms with E-state index in [1.807, 2.05) is 11.9 Å². The molecule has 0 saturated carbocycles. The van der Waals surface area contributed by atoms with Crippen LogP contribution >= 0.6 is 15.9 Å². The summed E-state index contributed by atoms with van der Waals surface area (Å²) in [6, 6.07) is 5.65. The highest BCUT2D eigenvalue weighted by Gasteiger charge is 2.38. The Morgan fingerprint density at radius 3 is 2.32 bits per heavy atom. The molecule has 10 nitrogen and oxygen atoms in total. The van der Waals surface area contributed by atoms with E-state index in [2.05, 4.69) is 15.9 Å². The number of phenolic OH excluding ortho intramolecular Hbond substituents is 2. The second-order valence-electron chi connectivity index (χ2n) is 8.22. The summed E-state index contributed by atoms with van der Waals surface area (Å²) in [7, 11) is 1.91. The number of phenols is 2. The van der Waals surface area contributed by atoms with Crippen LogP contribution in [-0.2, 0) is 14.3 Å². The maximum absolute atomic E-state index is 12.8. The van der Waals surface area contributed by atoms with Gasteiger partial charge in [-0.15, -0.1) is 0 Å². The first-order valence-electron chi connectivity index (χ1n) is 10.6. The lowest BCUT2D eigenvalue weighted by molar-refractivity contribution is -0.192. The van der Waals surface area contributed by atoms with Crippen molar-refractivity contribution in [3.05, 3.63) is 44.7 Å². The maximum Gasteiger partial charge on any atom is 0.490 e. The molecule has 0 aliphatic carbocycles. The molecule has 4 rings (SSSR count). The summed E-state index contributed by atoms with van der Waals surface area (Å²) in [6.45, 7) is 2.48. The van der Waals surface area contributed by atoms with Crippen molar-refractivity contribution in [3.63, 3.8) is 0 Å². The first-order chi connectivity index (χ1) is 17.2. The van der Waals surface area contributed by atoms with E-state index in [0.29, 0.717) is 35.5 Å². The van der Waals surface area contributed by atoms with Crippen LogP contribution in [0.15, 0.2) is 42.6 Å². The third kappa shape index (κ3) is 6.43. The third-order valence-electron chi connectivity index (χ3n) is 5.51. The number of carboxylic acids is 1. The zero-order valence-electron chi connectivity index (χ0n) is 19.3. The predicted octanol–water partition coefficient (Wildman–Crippen LogP) is 4.21. The van der Waals surface area contributed by atoms with E-state index in [1.165, 1.54) is 13.0 Å². The highest BCUT2D eigenvalue weighted by Crippen LogP contribution is 2.43. The average molecular weight is 592 g/mol. The van der Waals surface area contributed by atoms with Gasteiger partial charge in [-0.05, 0) is 48.1 Å². The Labute approximate surface area is 215 Å². The maximum atomic E-state index is 12.8. The molecular formula is C23H21BrF3NO9. The van der Waals surface area contributed by atoms with Crippen molar-refractivity contribution in [2.75, 3.05) is 20.1 Å². The lowest BCUT2D eigenvalue weighted by atomic mass is 9.85. The van der Waals surface area contributed by atoms with Crippen LogP contribution in [0.2, 0.25) is 0 Å². The minimum atomic E-state index is -5.08. The number of hydrogen-bond acceptors (Lipinski definition) is 9. The van der Waals surface area contributed by atoms with Crippen LogP contribution in [-0.4, -0.2) is 64.6 Å². The van der Waals surface area contributed by atoms with E-state index in [9.17, 15) is 33.0 Å². The third-order valence-corrected chi connectivity index (χ3v) is 5.93. The van der Waals surface area contributed by atoms with E-state index in [4.69, 9.17) is 23.5 Å². The summed E-state index contributed by atoms with van der Waals surface area (Å²) in [5.41, 5.74) is -0.101. The topological polar surface area (TPSA) is 151 Å². The van der Waals surface area contributed by atoms with Gasteiger partial charge in [-0.3, -0.25) is 9.59 Å². The van der Waals surface area contributed by atoms with Crippen molar-refractivity contribution < 1.29 is 51.7 Å². The van der Waals surface area contributed by atoms with Crippen LogP contribution in [0.25, 0.3) is 22.5 Å². The molecule has 14 heteroatoms. The van der Waals surface area contributed by atoms with E-state index in [-0.39, 0.29) is 28.2 Å². The number of likely N-dealkylation sites (tertiary alicyclic amines) is 1. The molecule has 0 unspecified atom stereocenters. The molecule has 3 N–H and O–H groups in total. The molecule has 0 spiro atoms. The number of carbonyl (C=O) groups excluding carboxylic acids is 1. The van der Waals surface area contributed by atoms with Crippen LogP contribution in [0.1, 0.15) is 24.8 Å². The fraction of sp³-hybridized carbons (Fsp3) is 0.348. The van der Waals surface area contributed by atoms with Gasteiger partial charge in [0.15, 0.2) is 21.6 Å². The summed E-state index contributed by atoms with van der Waals surface area (Å²) in [5, 5.41) is 28.1. The van der Waals surface area contributed by atoms with Crippen molar-refractivity contribution >= 4 is 38.8 Å². The molecule has 1 aromatic carbocycles. The highest BCUT2D eigenvalue weighted by molar-refractivity contribution is 9.10. The number of alkyl halides is 3. The molecule has 2 atom stereocenters. The number of benzene rings is 1. The van der Waals surface area contributed by atoms with E-state index < -0.39 is 35.6 Å². The van der Waals surface area contributed by atoms with Crippen LogP contribution < -0.4 is 5.43 Å². The van der Waals surface area contributed by atoms with Gasteiger partial charge >= 0.3 is 18.1 Å². The van der Waals surface area contributed by atoms with E-state index in [1.54, 1.807) is 12.1 Å². The zero-order chi connectivity index (χ0) is 27.7. The first-order valence-corrected chi connectivity index (χ1v) is 11.4. The lowest BCUT2D eigenvalue weighted by Gasteiger charge is -2.36. The predicted molar refractivity (Wildman–Crippen MR) is 125 cm³/mol. The molecule has 0 radical (unpaired) electrons. The van der Waals surface area contributed by atoms with Gasteiger partial charge in [0, 0.05) is 37.1 Å². The second-order valence-corrected chi connectivity index (χ2v) is 9.00. The minimum absolute atomic E-state index is 0.0438. The summed E-state index contributed by atoms with van der Waals surface area (Å²) in [4.78, 5) is 35.4. The molecular weight excluding hydrogens is 571 g/mol. The van der Waals surface area contributed by atoms with Gasteiger partial charge in [0.05, 0.1) is 0 Å². The molecule has 1 saturated heterocycles. The average Bonchev–Trinajstić information content (AvgIpc) is 3.20. The molecule has 2 aromatic heterocycles. The first kappa shape index (κ1) is 28.1. The molecule has 1 fully saturated rings. The number of aliphatic carboxylic acids is 1. The summed E-state index contributed by atoms with van der Waals surface area (Å²) >= 11 is 3.21. The van der Waals surface area contributed by atoms with Gasteiger partial charge in [0.1, 0.15) is 28.6 Å². The Hall–Kier alpha value is -3.52. The molecule has 3 aromatic rings. The molecule has 1 aliphatic rings. The number of esters is 1. The number of halogens is 4. The van der Waals surface area contributed by atoms with Gasteiger partial charge in [0.2, 0.25) is 0 Å². The van der Waals surface area contributed by atoms with Gasteiger partial charge in [0.25, 0.3) is 0 Å². The zero-order valence-corrected chi connectivity index (χ0v) is 20.9. The Kier molecular flexibility index (Phi) is 8.22. The van der Waals surface area contributed by atoms with Crippen LogP contribution in [0, 0.1) is 0 Å². The number of carbonyl (C=O) groups is 2. The largest absolute Gasteiger partial charge is 0.507 e. The standard InChI is InChI=1S/C21H20BrNO7.C2HF3O2/c1-10(24)28-17-9-23(2)6-5-11(17)19-12(25)7-13(26)20-14(27)8-16(30-21(19)20)15-3-4-18(22)29-15;3-2(4,5)1(6)7/h3-4,7-8,11,17,25-26H,5-6,9H2,1-2H3;(H,6,7)/t11-,17+;/m0./s1. The van der Waals surface area contributed by atoms with Crippen LogP contribution in [0.3, 0.4) is 0 Å². The molecule has 0 amide bonds. The smallest absolute Gasteiger partial charge is 0.490 e. The number of ether oxygens (including phenoxy) is 1. The number of aromatic hydroxyl groups is 2. The van der Waals surface area contributed by atoms with Gasteiger partial charge in [-0.2, -0.15) is 13.2 Å². The van der Waals surface area contributed by atoms with Crippen LogP contribution in [0.4, 0.5) is 13.2 Å². The normalized spacial score (nSPS) is 18.2. The number of carboxylic acid groups (broad SMARTS) is 1. The Bertz CT molecular complexity index is 1380. The molecule has 37 heavy (non-hydrogen) atoms. The lowest BCUT2D eigenvalue weighted by Crippen LogP contribution is -2.43. The van der Waals surface area contributed by atoms with Gasteiger partial charge in [-0.25, -0.2) is 4.79 Å². The molecule has 1 aliphatic heterocycles. The van der Waals surface area contributed by atoms with Crippen molar-refractivity contribution in [2.24, 2.45) is 0 Å². The number of hydrogen-bond donors (Lipinski definition) is 3. The van der Waals surface area contributed by atoms with Gasteiger partial charge in [-0.1, -0.05) is 0 Å². The van der Waals surface area contributed by atoms with Crippen molar-refractivity contribution in [1.29, 1.82) is 0 Å². The summed E-state index contributed by atoms with van der Waals surface area (Å²) < 4.78 is 49.2. The number of rotatable bonds is 3. The Morgan fingerprint density at radius 2 is 1.78 bits per heavy atom. The van der Waals surface area contributed by atoms with Gasteiger partial charge < -0.3 is 33.8 Å². The monoisotopic (exact) mass is 591 g/mol. The van der Waals surface area contributed by atoms with E-state index >= 15 is 0 Å². The molecule has 3 heterocycles. The Balaban J connectivity index is 0.000000479. The van der Waals surface area contributed by atoms with Crippen LogP contribution in [0.5, 0.6) is 11.5 Å². The number of piperidine rings is 1. The van der Waals surface area contributed by atoms with Crippen molar-refractivity contribution in [2.45, 2.75) is 31.5 Å². The second kappa shape index (κ2) is 10.8. The highest BCUT2D eigenvalue weighted by atomic mass is 79.9. The summed E-state index contributed by atoms with van der Waals surface area (Å²) in [6.07, 6.45) is -5.08. The molecule has 0 bridgehead atoms. The summed E-state index contributed by atoms with van der Waals surface area (Å²) in [5.74, 6) is -3.76. The van der Waals surface area contributed by atoms with E-state index in [0.717, 1.165) is 6.07 Å². The number of nitrogens with zero attached hydrogens (tertiary/aromatic N) is 1.